The molecule has 0 bridgehead atoms. The summed E-state index contributed by atoms with van der Waals surface area (Å²) in [6.45, 7) is 0.370. The maximum atomic E-state index is 12.7. The van der Waals surface area contributed by atoms with Crippen molar-refractivity contribution in [2.45, 2.75) is 13.0 Å². The number of hydrogen-bond donors (Lipinski definition) is 3. The second kappa shape index (κ2) is 10.2. The monoisotopic (exact) mass is 437 g/mol. The third-order valence-electron chi connectivity index (χ3n) is 5.02. The van der Waals surface area contributed by atoms with Gasteiger partial charge in [0.15, 0.2) is 5.82 Å². The molecule has 0 atom stereocenters. The van der Waals surface area contributed by atoms with Gasteiger partial charge in [-0.05, 0) is 41.5 Å². The Bertz CT molecular complexity index is 1240. The van der Waals surface area contributed by atoms with Crippen LogP contribution in [0.5, 0.6) is 0 Å². The Morgan fingerprint density at radius 3 is 2.36 bits per heavy atom. The molecule has 0 saturated carbocycles. The number of nitrogen functional groups attached to an aromatic ring is 1. The summed E-state index contributed by atoms with van der Waals surface area (Å²) >= 11 is 0. The molecule has 0 aliphatic rings. The molecule has 4 N–H and O–H groups in total. The Labute approximate surface area is 191 Å². The van der Waals surface area contributed by atoms with E-state index in [4.69, 9.17) is 5.73 Å². The van der Waals surface area contributed by atoms with Gasteiger partial charge >= 0.3 is 0 Å². The van der Waals surface area contributed by atoms with E-state index in [-0.39, 0.29) is 18.2 Å². The average Bonchev–Trinajstić information content (AvgIpc) is 2.85. The van der Waals surface area contributed by atoms with Crippen LogP contribution in [0.15, 0.2) is 91.3 Å². The molecule has 0 aliphatic heterocycles. The topological polar surface area (TPSA) is 110 Å². The van der Waals surface area contributed by atoms with Gasteiger partial charge in [-0.1, -0.05) is 48.5 Å². The van der Waals surface area contributed by atoms with Crippen LogP contribution in [0, 0.1) is 0 Å². The van der Waals surface area contributed by atoms with Crippen LogP contribution in [0.2, 0.25) is 0 Å². The van der Waals surface area contributed by atoms with E-state index in [2.05, 4.69) is 20.6 Å². The number of carbonyl (C=O) groups is 2. The molecule has 2 aromatic heterocycles. The lowest BCUT2D eigenvalue weighted by Crippen LogP contribution is -2.24. The van der Waals surface area contributed by atoms with E-state index in [1.165, 1.54) is 0 Å². The lowest BCUT2D eigenvalue weighted by atomic mass is 10.1. The van der Waals surface area contributed by atoms with Crippen LogP contribution in [-0.2, 0) is 17.8 Å². The molecular weight excluding hydrogens is 414 g/mol. The molecule has 0 fully saturated rings. The van der Waals surface area contributed by atoms with Crippen molar-refractivity contribution in [3.63, 3.8) is 0 Å². The summed E-state index contributed by atoms with van der Waals surface area (Å²) < 4.78 is 0. The molecule has 164 valence electrons. The molecule has 0 spiro atoms. The number of hydrogen-bond acceptors (Lipinski definition) is 5. The van der Waals surface area contributed by atoms with Crippen LogP contribution in [0.3, 0.4) is 0 Å². The first-order valence-electron chi connectivity index (χ1n) is 10.5. The third-order valence-corrected chi connectivity index (χ3v) is 5.02. The Morgan fingerprint density at radius 2 is 1.64 bits per heavy atom. The van der Waals surface area contributed by atoms with Crippen LogP contribution in [0.4, 0.5) is 11.5 Å². The van der Waals surface area contributed by atoms with Crippen LogP contribution in [-0.4, -0.2) is 21.8 Å². The van der Waals surface area contributed by atoms with Crippen molar-refractivity contribution < 1.29 is 9.59 Å². The summed E-state index contributed by atoms with van der Waals surface area (Å²) in [6.07, 6.45) is 3.61. The molecule has 0 radical (unpaired) electrons. The van der Waals surface area contributed by atoms with Gasteiger partial charge in [0.25, 0.3) is 5.91 Å². The van der Waals surface area contributed by atoms with Gasteiger partial charge in [-0.3, -0.25) is 14.6 Å². The summed E-state index contributed by atoms with van der Waals surface area (Å²) in [7, 11) is 0. The summed E-state index contributed by atoms with van der Waals surface area (Å²) in [5.74, 6) is -0.0932. The van der Waals surface area contributed by atoms with Crippen LogP contribution in [0.25, 0.3) is 11.3 Å². The molecule has 7 heteroatoms. The van der Waals surface area contributed by atoms with Crippen molar-refractivity contribution in [3.8, 4) is 11.3 Å². The number of nitrogens with two attached hydrogens (primary N) is 1. The fourth-order valence-corrected chi connectivity index (χ4v) is 3.24. The van der Waals surface area contributed by atoms with E-state index < -0.39 is 0 Å². The fraction of sp³-hybridized carbons (Fsp3) is 0.0769. The number of benzene rings is 2. The lowest BCUT2D eigenvalue weighted by Gasteiger charge is -2.10. The van der Waals surface area contributed by atoms with Gasteiger partial charge in [0, 0.05) is 30.1 Å². The molecule has 7 nitrogen and oxygen atoms in total. The Hall–Kier alpha value is -4.52. The highest BCUT2D eigenvalue weighted by Gasteiger charge is 2.11. The smallest absolute Gasteiger partial charge is 0.256 e. The quantitative estimate of drug-likeness (QED) is 0.407. The Kier molecular flexibility index (Phi) is 6.70. The minimum absolute atomic E-state index is 0.0929. The fourth-order valence-electron chi connectivity index (χ4n) is 3.24. The van der Waals surface area contributed by atoms with Crippen molar-refractivity contribution in [1.82, 2.24) is 15.3 Å². The van der Waals surface area contributed by atoms with Crippen LogP contribution in [0.1, 0.15) is 21.5 Å². The predicted octanol–water partition coefficient (Wildman–Crippen LogP) is 3.84. The van der Waals surface area contributed by atoms with Crippen molar-refractivity contribution >= 4 is 23.3 Å². The summed E-state index contributed by atoms with van der Waals surface area (Å²) in [5.41, 5.74) is 10.3. The minimum Gasteiger partial charge on any atom is -0.396 e. The number of rotatable bonds is 7. The lowest BCUT2D eigenvalue weighted by molar-refractivity contribution is -0.120. The van der Waals surface area contributed by atoms with Gasteiger partial charge in [0.2, 0.25) is 5.91 Å². The first-order valence-corrected chi connectivity index (χ1v) is 10.5. The van der Waals surface area contributed by atoms with Gasteiger partial charge in [-0.25, -0.2) is 4.98 Å². The SMILES string of the molecule is Nc1ccc(-c2ccccc2)nc1NC(=O)c1ccc(CNC(=O)Cc2cccnc2)cc1. The zero-order chi connectivity index (χ0) is 23.0. The number of nitrogens with zero attached hydrogens (tertiary/aromatic N) is 2. The highest BCUT2D eigenvalue weighted by atomic mass is 16.2. The van der Waals surface area contributed by atoms with E-state index in [1.54, 1.807) is 48.8 Å². The number of anilines is 2. The van der Waals surface area contributed by atoms with Gasteiger partial charge in [0.05, 0.1) is 17.8 Å². The van der Waals surface area contributed by atoms with Crippen molar-refractivity contribution in [3.05, 3.63) is 108 Å². The Morgan fingerprint density at radius 1 is 0.848 bits per heavy atom. The van der Waals surface area contributed by atoms with E-state index in [1.807, 2.05) is 42.5 Å². The number of aromatic nitrogens is 2. The molecule has 33 heavy (non-hydrogen) atoms. The maximum Gasteiger partial charge on any atom is 0.256 e. The van der Waals surface area contributed by atoms with Crippen molar-refractivity contribution in [1.29, 1.82) is 0 Å². The minimum atomic E-state index is -0.313. The second-order valence-corrected chi connectivity index (χ2v) is 7.47. The Balaban J connectivity index is 1.36. The molecule has 4 rings (SSSR count). The van der Waals surface area contributed by atoms with Crippen LogP contribution >= 0.6 is 0 Å². The highest BCUT2D eigenvalue weighted by Crippen LogP contribution is 2.23. The number of pyridine rings is 2. The van der Waals surface area contributed by atoms with Gasteiger partial charge in [-0.2, -0.15) is 0 Å². The first kappa shape index (κ1) is 21.7. The number of carbonyl (C=O) groups excluding carboxylic acids is 2. The first-order chi connectivity index (χ1) is 16.1. The molecule has 4 aromatic rings. The average molecular weight is 438 g/mol. The highest BCUT2D eigenvalue weighted by molar-refractivity contribution is 6.05. The molecule has 2 aromatic carbocycles. The zero-order valence-corrected chi connectivity index (χ0v) is 17.9. The molecule has 0 aliphatic carbocycles. The molecule has 0 saturated heterocycles. The molecule has 2 heterocycles. The molecule has 2 amide bonds. The van der Waals surface area contributed by atoms with Gasteiger partial charge < -0.3 is 16.4 Å². The van der Waals surface area contributed by atoms with E-state index in [9.17, 15) is 9.59 Å². The summed E-state index contributed by atoms with van der Waals surface area (Å²) in [4.78, 5) is 33.3. The van der Waals surface area contributed by atoms with Gasteiger partial charge in [-0.15, -0.1) is 0 Å². The standard InChI is InChI=1S/C26H23N5O2/c27-22-12-13-23(20-6-2-1-3-7-20)30-25(22)31-26(33)21-10-8-18(9-11-21)17-29-24(32)15-19-5-4-14-28-16-19/h1-14,16H,15,17,27H2,(H,29,32)(H,30,31,33). The molecular formula is C26H23N5O2. The number of nitrogens with one attached hydrogen (secondary N) is 2. The number of amides is 2. The third kappa shape index (κ3) is 5.80. The van der Waals surface area contributed by atoms with E-state index >= 15 is 0 Å². The largest absolute Gasteiger partial charge is 0.396 e. The summed E-state index contributed by atoms with van der Waals surface area (Å²) in [6, 6.07) is 23.9. The van der Waals surface area contributed by atoms with Crippen molar-refractivity contribution in [2.75, 3.05) is 11.1 Å². The van der Waals surface area contributed by atoms with Crippen LogP contribution < -0.4 is 16.4 Å². The van der Waals surface area contributed by atoms with Gasteiger partial charge in [0.1, 0.15) is 0 Å². The maximum absolute atomic E-state index is 12.7. The second-order valence-electron chi connectivity index (χ2n) is 7.47. The van der Waals surface area contributed by atoms with E-state index in [0.29, 0.717) is 23.6 Å². The summed E-state index contributed by atoms with van der Waals surface area (Å²) in [5, 5.41) is 5.65. The van der Waals surface area contributed by atoms with Crippen molar-refractivity contribution in [2.24, 2.45) is 0 Å². The normalized spacial score (nSPS) is 10.4. The zero-order valence-electron chi connectivity index (χ0n) is 17.9. The van der Waals surface area contributed by atoms with E-state index in [0.717, 1.165) is 22.4 Å². The molecule has 0 unspecified atom stereocenters. The predicted molar refractivity (Wildman–Crippen MR) is 128 cm³/mol.